The predicted octanol–water partition coefficient (Wildman–Crippen LogP) is 2.03. The minimum atomic E-state index is -0.381. The van der Waals surface area contributed by atoms with Crippen molar-refractivity contribution in [3.05, 3.63) is 35.6 Å². The van der Waals surface area contributed by atoms with E-state index < -0.39 is 0 Å². The number of piperidine rings is 1. The molecule has 1 unspecified atom stereocenters. The van der Waals surface area contributed by atoms with E-state index in [0.717, 1.165) is 6.42 Å². The van der Waals surface area contributed by atoms with E-state index in [1.807, 2.05) is 0 Å². The first-order valence-electron chi connectivity index (χ1n) is 6.20. The lowest BCUT2D eigenvalue weighted by atomic mass is 9.79. The van der Waals surface area contributed by atoms with Gasteiger partial charge in [0.15, 0.2) is 0 Å². The Labute approximate surface area is 107 Å². The number of rotatable bonds is 1. The fraction of sp³-hybridized carbons (Fsp3) is 0.500. The van der Waals surface area contributed by atoms with Crippen LogP contribution in [-0.4, -0.2) is 29.9 Å². The highest BCUT2D eigenvalue weighted by Gasteiger charge is 2.35. The summed E-state index contributed by atoms with van der Waals surface area (Å²) in [7, 11) is 0. The zero-order chi connectivity index (χ0) is 13.3. The molecule has 1 amide bonds. The summed E-state index contributed by atoms with van der Waals surface area (Å²) in [6.45, 7) is 5.37. The van der Waals surface area contributed by atoms with Gasteiger partial charge in [-0.1, -0.05) is 19.9 Å². The zero-order valence-electron chi connectivity index (χ0n) is 10.8. The highest BCUT2D eigenvalue weighted by atomic mass is 19.1. The number of nitrogens with two attached hydrogens (primary N) is 1. The van der Waals surface area contributed by atoms with Gasteiger partial charge in [-0.2, -0.15) is 0 Å². The molecule has 0 radical (unpaired) electrons. The van der Waals surface area contributed by atoms with E-state index >= 15 is 0 Å². The fourth-order valence-electron chi connectivity index (χ4n) is 2.35. The molecule has 18 heavy (non-hydrogen) atoms. The largest absolute Gasteiger partial charge is 0.338 e. The van der Waals surface area contributed by atoms with Gasteiger partial charge in [0.25, 0.3) is 5.91 Å². The lowest BCUT2D eigenvalue weighted by molar-refractivity contribution is 0.0532. The zero-order valence-corrected chi connectivity index (χ0v) is 10.8. The molecule has 1 aliphatic rings. The number of hydrogen-bond donors (Lipinski definition) is 1. The first-order chi connectivity index (χ1) is 8.40. The van der Waals surface area contributed by atoms with E-state index in [2.05, 4.69) is 13.8 Å². The molecule has 1 aliphatic heterocycles. The summed E-state index contributed by atoms with van der Waals surface area (Å²) in [4.78, 5) is 14.0. The number of carbonyl (C=O) groups is 1. The SMILES string of the molecule is CC1(C)CN(C(=O)c2cccc(F)c2)CCC1N. The Kier molecular flexibility index (Phi) is 3.39. The van der Waals surface area contributed by atoms with E-state index in [-0.39, 0.29) is 23.2 Å². The van der Waals surface area contributed by atoms with Gasteiger partial charge in [0.2, 0.25) is 0 Å². The van der Waals surface area contributed by atoms with Gasteiger partial charge in [-0.05, 0) is 30.0 Å². The summed E-state index contributed by atoms with van der Waals surface area (Å²) in [5, 5.41) is 0. The van der Waals surface area contributed by atoms with Crippen LogP contribution in [0.25, 0.3) is 0 Å². The van der Waals surface area contributed by atoms with Crippen molar-refractivity contribution in [2.75, 3.05) is 13.1 Å². The smallest absolute Gasteiger partial charge is 0.253 e. The fourth-order valence-corrected chi connectivity index (χ4v) is 2.35. The first-order valence-corrected chi connectivity index (χ1v) is 6.20. The summed E-state index contributed by atoms with van der Waals surface area (Å²) >= 11 is 0. The normalized spacial score (nSPS) is 22.9. The third-order valence-electron chi connectivity index (χ3n) is 3.67. The molecule has 1 atom stereocenters. The molecule has 0 saturated carbocycles. The van der Waals surface area contributed by atoms with Crippen LogP contribution < -0.4 is 5.73 Å². The van der Waals surface area contributed by atoms with Crippen LogP contribution in [0, 0.1) is 11.2 Å². The number of hydrogen-bond acceptors (Lipinski definition) is 2. The third kappa shape index (κ3) is 2.53. The van der Waals surface area contributed by atoms with Crippen LogP contribution in [0.5, 0.6) is 0 Å². The van der Waals surface area contributed by atoms with Crippen LogP contribution in [0.2, 0.25) is 0 Å². The van der Waals surface area contributed by atoms with Crippen LogP contribution in [-0.2, 0) is 0 Å². The number of benzene rings is 1. The minimum Gasteiger partial charge on any atom is -0.338 e. The van der Waals surface area contributed by atoms with Crippen molar-refractivity contribution < 1.29 is 9.18 Å². The Bertz CT molecular complexity index is 459. The van der Waals surface area contributed by atoms with Crippen molar-refractivity contribution in [1.82, 2.24) is 4.90 Å². The first kappa shape index (κ1) is 13.0. The summed E-state index contributed by atoms with van der Waals surface area (Å²) < 4.78 is 13.1. The summed E-state index contributed by atoms with van der Waals surface area (Å²) in [5.41, 5.74) is 6.35. The Hall–Kier alpha value is -1.42. The van der Waals surface area contributed by atoms with Crippen molar-refractivity contribution in [3.63, 3.8) is 0 Å². The van der Waals surface area contributed by atoms with Gasteiger partial charge in [-0.3, -0.25) is 4.79 Å². The molecule has 1 saturated heterocycles. The maximum atomic E-state index is 13.1. The monoisotopic (exact) mass is 250 g/mol. The van der Waals surface area contributed by atoms with Gasteiger partial charge >= 0.3 is 0 Å². The van der Waals surface area contributed by atoms with Crippen LogP contribution in [0.1, 0.15) is 30.6 Å². The van der Waals surface area contributed by atoms with Gasteiger partial charge in [-0.25, -0.2) is 4.39 Å². The Morgan fingerprint density at radius 2 is 2.22 bits per heavy atom. The second-order valence-corrected chi connectivity index (χ2v) is 5.62. The van der Waals surface area contributed by atoms with Crippen molar-refractivity contribution in [2.45, 2.75) is 26.3 Å². The molecule has 2 N–H and O–H groups in total. The van der Waals surface area contributed by atoms with Crippen molar-refractivity contribution in [2.24, 2.45) is 11.1 Å². The van der Waals surface area contributed by atoms with Crippen LogP contribution in [0.4, 0.5) is 4.39 Å². The molecular formula is C14H19FN2O. The molecule has 1 heterocycles. The second-order valence-electron chi connectivity index (χ2n) is 5.62. The highest BCUT2D eigenvalue weighted by molar-refractivity contribution is 5.94. The molecule has 0 aromatic heterocycles. The molecule has 1 aromatic rings. The van der Waals surface area contributed by atoms with Gasteiger partial charge in [0.1, 0.15) is 5.82 Å². The number of nitrogens with zero attached hydrogens (tertiary/aromatic N) is 1. The average Bonchev–Trinajstić information content (AvgIpc) is 2.31. The Balaban J connectivity index is 2.15. The van der Waals surface area contributed by atoms with E-state index in [0.29, 0.717) is 18.7 Å². The summed E-state index contributed by atoms with van der Waals surface area (Å²) in [6.07, 6.45) is 0.786. The van der Waals surface area contributed by atoms with Crippen LogP contribution in [0.15, 0.2) is 24.3 Å². The Morgan fingerprint density at radius 1 is 1.50 bits per heavy atom. The average molecular weight is 250 g/mol. The number of likely N-dealkylation sites (tertiary alicyclic amines) is 1. The molecule has 0 bridgehead atoms. The maximum absolute atomic E-state index is 13.1. The maximum Gasteiger partial charge on any atom is 0.253 e. The summed E-state index contributed by atoms with van der Waals surface area (Å²) in [5.74, 6) is -0.497. The molecule has 1 fully saturated rings. The van der Waals surface area contributed by atoms with E-state index in [9.17, 15) is 9.18 Å². The molecule has 3 nitrogen and oxygen atoms in total. The van der Waals surface area contributed by atoms with Gasteiger partial charge in [-0.15, -0.1) is 0 Å². The highest BCUT2D eigenvalue weighted by Crippen LogP contribution is 2.28. The van der Waals surface area contributed by atoms with Crippen molar-refractivity contribution >= 4 is 5.91 Å². The number of amides is 1. The van der Waals surface area contributed by atoms with E-state index in [4.69, 9.17) is 5.73 Å². The third-order valence-corrected chi connectivity index (χ3v) is 3.67. The quantitative estimate of drug-likeness (QED) is 0.829. The molecule has 0 aliphatic carbocycles. The predicted molar refractivity (Wildman–Crippen MR) is 68.7 cm³/mol. The molecule has 0 spiro atoms. The van der Waals surface area contributed by atoms with E-state index in [1.54, 1.807) is 17.0 Å². The molecular weight excluding hydrogens is 231 g/mol. The minimum absolute atomic E-state index is 0.0960. The lowest BCUT2D eigenvalue weighted by Crippen LogP contribution is -2.54. The lowest BCUT2D eigenvalue weighted by Gasteiger charge is -2.42. The standard InChI is InChI=1S/C14H19FN2O/c1-14(2)9-17(7-6-12(14)16)13(18)10-4-3-5-11(15)8-10/h3-5,8,12H,6-7,9,16H2,1-2H3. The van der Waals surface area contributed by atoms with E-state index in [1.165, 1.54) is 12.1 Å². The van der Waals surface area contributed by atoms with Crippen molar-refractivity contribution in [3.8, 4) is 0 Å². The second kappa shape index (κ2) is 4.69. The topological polar surface area (TPSA) is 46.3 Å². The number of halogens is 1. The molecule has 1 aromatic carbocycles. The van der Waals surface area contributed by atoms with Crippen molar-refractivity contribution in [1.29, 1.82) is 0 Å². The van der Waals surface area contributed by atoms with Crippen LogP contribution >= 0.6 is 0 Å². The summed E-state index contributed by atoms with van der Waals surface area (Å²) in [6, 6.07) is 5.93. The van der Waals surface area contributed by atoms with Gasteiger partial charge in [0, 0.05) is 24.7 Å². The van der Waals surface area contributed by atoms with Crippen LogP contribution in [0.3, 0.4) is 0 Å². The van der Waals surface area contributed by atoms with Gasteiger partial charge < -0.3 is 10.6 Å². The van der Waals surface area contributed by atoms with Gasteiger partial charge in [0.05, 0.1) is 0 Å². The molecule has 98 valence electrons. The Morgan fingerprint density at radius 3 is 2.83 bits per heavy atom. The molecule has 4 heteroatoms. The molecule has 2 rings (SSSR count). The number of carbonyl (C=O) groups excluding carboxylic acids is 1.